The Morgan fingerprint density at radius 1 is 0.821 bits per heavy atom. The molecule has 0 unspecified atom stereocenters. The van der Waals surface area contributed by atoms with E-state index in [1.54, 1.807) is 13.4 Å². The minimum Gasteiger partial charge on any atom is -0.505 e. The molecule has 0 aliphatic rings. The van der Waals surface area contributed by atoms with Gasteiger partial charge in [0, 0.05) is 12.0 Å². The predicted molar refractivity (Wildman–Crippen MR) is 118 cm³/mol. The molecule has 4 aromatic rings. The van der Waals surface area contributed by atoms with E-state index in [1.165, 1.54) is 32.7 Å². The summed E-state index contributed by atoms with van der Waals surface area (Å²) >= 11 is 0. The first-order valence-electron chi connectivity index (χ1n) is 9.50. The summed E-state index contributed by atoms with van der Waals surface area (Å²) in [5, 5.41) is 5.00. The van der Waals surface area contributed by atoms with E-state index >= 15 is 0 Å². The van der Waals surface area contributed by atoms with Gasteiger partial charge in [-0.3, -0.25) is 0 Å². The molecule has 0 aliphatic heterocycles. The van der Waals surface area contributed by atoms with Crippen molar-refractivity contribution in [3.8, 4) is 11.8 Å². The van der Waals surface area contributed by atoms with Gasteiger partial charge in [0.25, 0.3) is 0 Å². The first-order chi connectivity index (χ1) is 13.8. The maximum absolute atomic E-state index is 5.06. The zero-order valence-electron chi connectivity index (χ0n) is 16.0. The molecule has 0 spiro atoms. The van der Waals surface area contributed by atoms with Crippen molar-refractivity contribution in [3.63, 3.8) is 0 Å². The lowest BCUT2D eigenvalue weighted by Gasteiger charge is -2.10. The normalized spacial score (nSPS) is 10.9. The van der Waals surface area contributed by atoms with Gasteiger partial charge >= 0.3 is 0 Å². The van der Waals surface area contributed by atoms with Gasteiger partial charge in [-0.25, -0.2) is 0 Å². The molecule has 0 heterocycles. The lowest BCUT2D eigenvalue weighted by Crippen LogP contribution is -1.94. The van der Waals surface area contributed by atoms with E-state index in [0.29, 0.717) is 0 Å². The first-order valence-corrected chi connectivity index (χ1v) is 9.50. The van der Waals surface area contributed by atoms with Gasteiger partial charge in [0.15, 0.2) is 0 Å². The zero-order chi connectivity index (χ0) is 19.2. The van der Waals surface area contributed by atoms with E-state index in [0.717, 1.165) is 18.4 Å². The zero-order valence-corrected chi connectivity index (χ0v) is 16.0. The molecule has 0 aromatic heterocycles. The maximum Gasteiger partial charge on any atom is 0.0788 e. The largest absolute Gasteiger partial charge is 0.505 e. The number of hydrogen-bond acceptors (Lipinski definition) is 1. The van der Waals surface area contributed by atoms with Gasteiger partial charge in [-0.2, -0.15) is 0 Å². The van der Waals surface area contributed by atoms with Crippen LogP contribution in [-0.4, -0.2) is 7.11 Å². The Morgan fingerprint density at radius 3 is 2.43 bits per heavy atom. The molecule has 4 aromatic carbocycles. The van der Waals surface area contributed by atoms with Gasteiger partial charge in [-0.15, -0.1) is 0 Å². The fraction of sp³-hybridized carbons (Fsp3) is 0.111. The SMILES string of the molecule is CO/C=C/Cc1ccc2ccccc2c1CC#Cc1ccc2ccccc2c1. The molecule has 1 heteroatoms. The summed E-state index contributed by atoms with van der Waals surface area (Å²) in [6, 6.07) is 27.7. The minimum absolute atomic E-state index is 0.727. The summed E-state index contributed by atoms with van der Waals surface area (Å²) in [6.45, 7) is 0. The van der Waals surface area contributed by atoms with Gasteiger partial charge in [-0.1, -0.05) is 78.6 Å². The molecular formula is C27H22O. The van der Waals surface area contributed by atoms with Crippen molar-refractivity contribution >= 4 is 21.5 Å². The van der Waals surface area contributed by atoms with Crippen molar-refractivity contribution in [2.45, 2.75) is 12.8 Å². The average Bonchev–Trinajstić information content (AvgIpc) is 2.75. The van der Waals surface area contributed by atoms with Gasteiger partial charge < -0.3 is 4.74 Å². The van der Waals surface area contributed by atoms with E-state index in [1.807, 2.05) is 6.08 Å². The van der Waals surface area contributed by atoms with Crippen LogP contribution in [0, 0.1) is 11.8 Å². The number of hydrogen-bond donors (Lipinski definition) is 0. The molecule has 0 N–H and O–H groups in total. The first kappa shape index (κ1) is 17.9. The molecule has 0 saturated carbocycles. The van der Waals surface area contributed by atoms with Gasteiger partial charge in [0.1, 0.15) is 0 Å². The topological polar surface area (TPSA) is 9.23 Å². The summed E-state index contributed by atoms with van der Waals surface area (Å²) in [5.41, 5.74) is 3.65. The van der Waals surface area contributed by atoms with Gasteiger partial charge in [0.05, 0.1) is 13.4 Å². The molecule has 0 atom stereocenters. The third-order valence-electron chi connectivity index (χ3n) is 4.96. The van der Waals surface area contributed by atoms with Crippen molar-refractivity contribution in [2.75, 3.05) is 7.11 Å². The van der Waals surface area contributed by atoms with Crippen LogP contribution in [0.3, 0.4) is 0 Å². The highest BCUT2D eigenvalue weighted by Gasteiger charge is 2.05. The highest BCUT2D eigenvalue weighted by Crippen LogP contribution is 2.24. The second-order valence-electron chi connectivity index (χ2n) is 6.78. The average molecular weight is 362 g/mol. The fourth-order valence-electron chi connectivity index (χ4n) is 3.55. The quantitative estimate of drug-likeness (QED) is 0.306. The molecule has 28 heavy (non-hydrogen) atoms. The lowest BCUT2D eigenvalue weighted by molar-refractivity contribution is 0.337. The van der Waals surface area contributed by atoms with Gasteiger partial charge in [0.2, 0.25) is 0 Å². The number of methoxy groups -OCH3 is 1. The lowest BCUT2D eigenvalue weighted by atomic mass is 9.95. The molecule has 4 rings (SSSR count). The van der Waals surface area contributed by atoms with E-state index in [2.05, 4.69) is 90.7 Å². The molecule has 0 amide bonds. The number of rotatable bonds is 4. The van der Waals surface area contributed by atoms with Crippen molar-refractivity contribution < 1.29 is 4.74 Å². The Bertz CT molecular complexity index is 1210. The summed E-state index contributed by atoms with van der Waals surface area (Å²) < 4.78 is 5.06. The predicted octanol–water partition coefficient (Wildman–Crippen LogP) is 6.29. The van der Waals surface area contributed by atoms with Crippen LogP contribution >= 0.6 is 0 Å². The third kappa shape index (κ3) is 3.92. The summed E-state index contributed by atoms with van der Waals surface area (Å²) in [5.74, 6) is 6.75. The van der Waals surface area contributed by atoms with E-state index < -0.39 is 0 Å². The second-order valence-corrected chi connectivity index (χ2v) is 6.78. The molecule has 0 fully saturated rings. The molecular weight excluding hydrogens is 340 g/mol. The molecule has 0 radical (unpaired) electrons. The third-order valence-corrected chi connectivity index (χ3v) is 4.96. The summed E-state index contributed by atoms with van der Waals surface area (Å²) in [7, 11) is 1.67. The molecule has 136 valence electrons. The van der Waals surface area contributed by atoms with Crippen LogP contribution in [0.4, 0.5) is 0 Å². The van der Waals surface area contributed by atoms with Crippen molar-refractivity contribution in [2.24, 2.45) is 0 Å². The smallest absolute Gasteiger partial charge is 0.0788 e. The summed E-state index contributed by atoms with van der Waals surface area (Å²) in [6.07, 6.45) is 5.35. The maximum atomic E-state index is 5.06. The Morgan fingerprint density at radius 2 is 1.57 bits per heavy atom. The van der Waals surface area contributed by atoms with E-state index in [-0.39, 0.29) is 0 Å². The fourth-order valence-corrected chi connectivity index (χ4v) is 3.55. The number of fused-ring (bicyclic) bond motifs is 2. The highest BCUT2D eigenvalue weighted by atomic mass is 16.5. The standard InChI is InChI=1S/C27H22O/c1-28-19-7-12-24-18-17-23-10-4-5-13-26(23)27(24)14-6-8-21-15-16-22-9-2-3-11-25(22)20-21/h2-5,7,9-11,13,15-20H,12,14H2,1H3/b19-7+. The van der Waals surface area contributed by atoms with Crippen molar-refractivity contribution in [3.05, 3.63) is 108 Å². The van der Waals surface area contributed by atoms with E-state index in [9.17, 15) is 0 Å². The Balaban J connectivity index is 1.67. The van der Waals surface area contributed by atoms with Crippen molar-refractivity contribution in [1.82, 2.24) is 0 Å². The van der Waals surface area contributed by atoms with E-state index in [4.69, 9.17) is 4.74 Å². The van der Waals surface area contributed by atoms with Crippen LogP contribution in [-0.2, 0) is 17.6 Å². The highest BCUT2D eigenvalue weighted by molar-refractivity contribution is 5.87. The molecule has 0 bridgehead atoms. The number of allylic oxidation sites excluding steroid dienone is 1. The van der Waals surface area contributed by atoms with Crippen LogP contribution in [0.2, 0.25) is 0 Å². The Labute approximate surface area is 166 Å². The molecule has 0 saturated heterocycles. The van der Waals surface area contributed by atoms with Crippen LogP contribution < -0.4 is 0 Å². The molecule has 1 nitrogen and oxygen atoms in total. The number of benzene rings is 4. The monoisotopic (exact) mass is 362 g/mol. The van der Waals surface area contributed by atoms with Crippen molar-refractivity contribution in [1.29, 1.82) is 0 Å². The Kier molecular flexibility index (Phi) is 5.41. The minimum atomic E-state index is 0.727. The Hall–Kier alpha value is -3.50. The second kappa shape index (κ2) is 8.46. The van der Waals surface area contributed by atoms with Crippen LogP contribution in [0.25, 0.3) is 21.5 Å². The van der Waals surface area contributed by atoms with Crippen LogP contribution in [0.1, 0.15) is 16.7 Å². The van der Waals surface area contributed by atoms with Crippen LogP contribution in [0.5, 0.6) is 0 Å². The summed E-state index contributed by atoms with van der Waals surface area (Å²) in [4.78, 5) is 0. The number of ether oxygens (including phenoxy) is 1. The molecule has 0 aliphatic carbocycles. The van der Waals surface area contributed by atoms with Gasteiger partial charge in [-0.05, 0) is 57.3 Å². The van der Waals surface area contributed by atoms with Crippen LogP contribution in [0.15, 0.2) is 91.2 Å².